The van der Waals surface area contributed by atoms with Crippen molar-refractivity contribution in [3.8, 4) is 5.75 Å². The molecule has 0 unspecified atom stereocenters. The van der Waals surface area contributed by atoms with Crippen molar-refractivity contribution >= 4 is 23.5 Å². The van der Waals surface area contributed by atoms with Gasteiger partial charge in [0, 0.05) is 7.11 Å². The molecule has 0 saturated heterocycles. The molecule has 0 aliphatic carbocycles. The molecule has 2 heterocycles. The second kappa shape index (κ2) is 4.46. The summed E-state index contributed by atoms with van der Waals surface area (Å²) < 4.78 is 11.3. The summed E-state index contributed by atoms with van der Waals surface area (Å²) in [5.74, 6) is 0.344. The van der Waals surface area contributed by atoms with E-state index >= 15 is 0 Å². The van der Waals surface area contributed by atoms with Gasteiger partial charge in [-0.3, -0.25) is 4.79 Å². The summed E-state index contributed by atoms with van der Waals surface area (Å²) in [4.78, 5) is 14.7. The number of carbonyl (C=O) groups excluding carboxylic acids is 1. The van der Waals surface area contributed by atoms with Crippen LogP contribution >= 0.6 is 11.6 Å². The third kappa shape index (κ3) is 1.84. The van der Waals surface area contributed by atoms with E-state index < -0.39 is 0 Å². The summed E-state index contributed by atoms with van der Waals surface area (Å²) in [6.07, 6.45) is 3.61. The normalized spacial score (nSPS) is 10.6. The number of methoxy groups -OCH3 is 1. The fourth-order valence-corrected chi connectivity index (χ4v) is 1.38. The molecule has 0 bridgehead atoms. The van der Waals surface area contributed by atoms with Crippen LogP contribution in [0.3, 0.4) is 0 Å². The van der Waals surface area contributed by atoms with Crippen molar-refractivity contribution in [3.05, 3.63) is 23.1 Å². The molecular weight excluding hydrogens is 234 g/mol. The van der Waals surface area contributed by atoms with E-state index in [0.717, 1.165) is 0 Å². The first-order valence-corrected chi connectivity index (χ1v) is 4.75. The summed E-state index contributed by atoms with van der Waals surface area (Å²) in [6, 6.07) is 0. The van der Waals surface area contributed by atoms with E-state index in [2.05, 4.69) is 10.1 Å². The third-order valence-corrected chi connectivity index (χ3v) is 2.17. The van der Waals surface area contributed by atoms with Crippen LogP contribution in [-0.2, 0) is 4.74 Å². The summed E-state index contributed by atoms with van der Waals surface area (Å²) in [7, 11) is 1.50. The van der Waals surface area contributed by atoms with Gasteiger partial charge in [0.05, 0.1) is 18.0 Å². The zero-order valence-electron chi connectivity index (χ0n) is 8.38. The number of fused-ring (bicyclic) bond motifs is 1. The highest BCUT2D eigenvalue weighted by atomic mass is 35.5. The number of halogens is 1. The molecule has 0 aromatic carbocycles. The van der Waals surface area contributed by atoms with E-state index in [0.29, 0.717) is 23.2 Å². The van der Waals surface area contributed by atoms with Crippen molar-refractivity contribution in [2.24, 2.45) is 0 Å². The molecule has 0 atom stereocenters. The van der Waals surface area contributed by atoms with E-state index in [1.165, 1.54) is 24.0 Å². The van der Waals surface area contributed by atoms with E-state index in [1.807, 2.05) is 0 Å². The Kier molecular flexibility index (Phi) is 3.02. The van der Waals surface area contributed by atoms with Gasteiger partial charge in [-0.15, -0.1) is 0 Å². The van der Waals surface area contributed by atoms with Crippen LogP contribution in [0.25, 0.3) is 5.65 Å². The standard InChI is InChI=1S/C9H8ClN3O3/c1-15-5-16-7-3-13-9(12-8(7)10)6(4-14)2-11-13/h2-4H,5H2,1H3. The fraction of sp³-hybridized carbons (Fsp3) is 0.222. The van der Waals surface area contributed by atoms with Gasteiger partial charge >= 0.3 is 0 Å². The van der Waals surface area contributed by atoms with Gasteiger partial charge in [0.25, 0.3) is 0 Å². The lowest BCUT2D eigenvalue weighted by Crippen LogP contribution is -2.02. The number of nitrogens with zero attached hydrogens (tertiary/aromatic N) is 3. The molecule has 2 aromatic heterocycles. The zero-order valence-corrected chi connectivity index (χ0v) is 9.14. The summed E-state index contributed by atoms with van der Waals surface area (Å²) in [5.41, 5.74) is 0.768. The highest BCUT2D eigenvalue weighted by molar-refractivity contribution is 6.31. The minimum Gasteiger partial charge on any atom is -0.463 e. The highest BCUT2D eigenvalue weighted by Crippen LogP contribution is 2.23. The SMILES string of the molecule is COCOc1cn2ncc(C=O)c2nc1Cl. The molecule has 0 spiro atoms. The number of ether oxygens (including phenoxy) is 2. The molecule has 84 valence electrons. The number of aromatic nitrogens is 3. The molecule has 16 heavy (non-hydrogen) atoms. The van der Waals surface area contributed by atoms with Gasteiger partial charge in [-0.25, -0.2) is 9.50 Å². The molecule has 0 fully saturated rings. The Balaban J connectivity index is 2.46. The van der Waals surface area contributed by atoms with Crippen molar-refractivity contribution in [3.63, 3.8) is 0 Å². The van der Waals surface area contributed by atoms with Gasteiger partial charge in [0.15, 0.2) is 29.6 Å². The largest absolute Gasteiger partial charge is 0.463 e. The Labute approximate surface area is 95.7 Å². The topological polar surface area (TPSA) is 65.7 Å². The monoisotopic (exact) mass is 241 g/mol. The Hall–Kier alpha value is -1.66. The number of hydrogen-bond acceptors (Lipinski definition) is 5. The zero-order chi connectivity index (χ0) is 11.5. The number of hydrogen-bond donors (Lipinski definition) is 0. The molecule has 0 N–H and O–H groups in total. The van der Waals surface area contributed by atoms with Gasteiger partial charge in [-0.2, -0.15) is 5.10 Å². The van der Waals surface area contributed by atoms with E-state index in [9.17, 15) is 4.79 Å². The Bertz CT molecular complexity index is 526. The third-order valence-electron chi connectivity index (χ3n) is 1.90. The first-order chi connectivity index (χ1) is 7.76. The molecule has 7 heteroatoms. The van der Waals surface area contributed by atoms with Crippen LogP contribution in [0, 0.1) is 0 Å². The van der Waals surface area contributed by atoms with Crippen LogP contribution in [0.5, 0.6) is 5.75 Å². The number of rotatable bonds is 4. The van der Waals surface area contributed by atoms with Gasteiger partial charge in [0.2, 0.25) is 0 Å². The Morgan fingerprint density at radius 1 is 1.62 bits per heavy atom. The molecule has 2 aromatic rings. The molecule has 0 radical (unpaired) electrons. The van der Waals surface area contributed by atoms with Crippen molar-refractivity contribution < 1.29 is 14.3 Å². The summed E-state index contributed by atoms with van der Waals surface area (Å²) in [6.45, 7) is 0.0642. The van der Waals surface area contributed by atoms with E-state index in [4.69, 9.17) is 21.1 Å². The average molecular weight is 242 g/mol. The first-order valence-electron chi connectivity index (χ1n) is 4.37. The minimum atomic E-state index is 0.0642. The second-order valence-corrected chi connectivity index (χ2v) is 3.29. The molecule has 0 amide bonds. The number of aldehydes is 1. The van der Waals surface area contributed by atoms with Gasteiger partial charge in [-0.1, -0.05) is 11.6 Å². The summed E-state index contributed by atoms with van der Waals surface area (Å²) in [5, 5.41) is 4.10. The van der Waals surface area contributed by atoms with Gasteiger partial charge in [-0.05, 0) is 0 Å². The molecule has 2 rings (SSSR count). The molecule has 6 nitrogen and oxygen atoms in total. The van der Waals surface area contributed by atoms with Gasteiger partial charge < -0.3 is 9.47 Å². The van der Waals surface area contributed by atoms with Crippen molar-refractivity contribution in [2.75, 3.05) is 13.9 Å². The lowest BCUT2D eigenvalue weighted by molar-refractivity contribution is 0.0505. The highest BCUT2D eigenvalue weighted by Gasteiger charge is 2.10. The molecule has 0 saturated carbocycles. The maximum Gasteiger partial charge on any atom is 0.188 e. The number of carbonyl (C=O) groups is 1. The lowest BCUT2D eigenvalue weighted by atomic mass is 10.4. The van der Waals surface area contributed by atoms with Crippen molar-refractivity contribution in [2.45, 2.75) is 0 Å². The van der Waals surface area contributed by atoms with Crippen LogP contribution < -0.4 is 4.74 Å². The van der Waals surface area contributed by atoms with Gasteiger partial charge in [0.1, 0.15) is 0 Å². The van der Waals surface area contributed by atoms with Crippen molar-refractivity contribution in [1.29, 1.82) is 0 Å². The molecule has 0 aliphatic rings. The summed E-state index contributed by atoms with van der Waals surface area (Å²) >= 11 is 5.88. The first kappa shape index (κ1) is 10.8. The maximum atomic E-state index is 10.7. The van der Waals surface area contributed by atoms with Crippen LogP contribution in [0.15, 0.2) is 12.4 Å². The average Bonchev–Trinajstić information content (AvgIpc) is 2.68. The fourth-order valence-electron chi connectivity index (χ4n) is 1.19. The predicted octanol–water partition coefficient (Wildman–Crippen LogP) is 1.18. The van der Waals surface area contributed by atoms with Crippen molar-refractivity contribution in [1.82, 2.24) is 14.6 Å². The second-order valence-electron chi connectivity index (χ2n) is 2.93. The van der Waals surface area contributed by atoms with Crippen LogP contribution in [0.4, 0.5) is 0 Å². The van der Waals surface area contributed by atoms with Crippen LogP contribution in [-0.4, -0.2) is 34.8 Å². The quantitative estimate of drug-likeness (QED) is 0.457. The Morgan fingerprint density at radius 2 is 2.44 bits per heavy atom. The minimum absolute atomic E-state index is 0.0642. The predicted molar refractivity (Wildman–Crippen MR) is 55.9 cm³/mol. The lowest BCUT2D eigenvalue weighted by Gasteiger charge is -2.06. The van der Waals surface area contributed by atoms with E-state index in [1.54, 1.807) is 0 Å². The smallest absolute Gasteiger partial charge is 0.188 e. The Morgan fingerprint density at radius 3 is 3.12 bits per heavy atom. The maximum absolute atomic E-state index is 10.7. The molecule has 0 aliphatic heterocycles. The van der Waals surface area contributed by atoms with Crippen LogP contribution in [0.1, 0.15) is 10.4 Å². The van der Waals surface area contributed by atoms with E-state index in [-0.39, 0.29) is 11.9 Å². The van der Waals surface area contributed by atoms with Crippen LogP contribution in [0.2, 0.25) is 5.15 Å². The molecular formula is C9H8ClN3O3.